The summed E-state index contributed by atoms with van der Waals surface area (Å²) in [6.07, 6.45) is 0. The topological polar surface area (TPSA) is 58.2 Å². The van der Waals surface area contributed by atoms with Crippen LogP contribution in [0.4, 0.5) is 4.79 Å². The molecule has 5 heteroatoms. The second-order valence-corrected chi connectivity index (χ2v) is 4.28. The fourth-order valence-corrected chi connectivity index (χ4v) is 2.22. The number of rotatable bonds is 1. The van der Waals surface area contributed by atoms with Gasteiger partial charge in [0.05, 0.1) is 0 Å². The largest absolute Gasteiger partial charge is 0.322 e. The first-order valence-corrected chi connectivity index (χ1v) is 5.24. The molecule has 1 atom stereocenters. The maximum Gasteiger partial charge on any atom is 0.322 e. The zero-order valence-corrected chi connectivity index (χ0v) is 9.59. The van der Waals surface area contributed by atoms with Crippen molar-refractivity contribution in [3.8, 4) is 0 Å². The monoisotopic (exact) mass is 268 g/mol. The lowest BCUT2D eigenvalue weighted by Crippen LogP contribution is -2.22. The lowest BCUT2D eigenvalue weighted by Gasteiger charge is -2.10. The van der Waals surface area contributed by atoms with Crippen molar-refractivity contribution in [3.05, 3.63) is 33.8 Å². The molecule has 1 saturated heterocycles. The Morgan fingerprint density at radius 3 is 2.60 bits per heavy atom. The predicted molar refractivity (Wildman–Crippen MR) is 58.3 cm³/mol. The number of halogens is 1. The molecule has 1 aromatic carbocycles. The normalized spacial score (nSPS) is 20.0. The Morgan fingerprint density at radius 1 is 1.33 bits per heavy atom. The smallest absolute Gasteiger partial charge is 0.322 e. The van der Waals surface area contributed by atoms with Crippen LogP contribution in [0.25, 0.3) is 0 Å². The van der Waals surface area contributed by atoms with Crippen molar-refractivity contribution in [1.82, 2.24) is 10.6 Å². The molecular formula is C10H9BrN2O2. The van der Waals surface area contributed by atoms with Crippen molar-refractivity contribution in [1.29, 1.82) is 0 Å². The minimum Gasteiger partial charge on any atom is -0.322 e. The van der Waals surface area contributed by atoms with Crippen LogP contribution < -0.4 is 10.6 Å². The Bertz CT molecular complexity index is 445. The van der Waals surface area contributed by atoms with Crippen LogP contribution in [0.5, 0.6) is 0 Å². The van der Waals surface area contributed by atoms with Gasteiger partial charge in [0.25, 0.3) is 5.91 Å². The Morgan fingerprint density at radius 2 is 2.07 bits per heavy atom. The van der Waals surface area contributed by atoms with Crippen LogP contribution in [-0.2, 0) is 4.79 Å². The predicted octanol–water partition coefficient (Wildman–Crippen LogP) is 1.64. The zero-order valence-electron chi connectivity index (χ0n) is 8.00. The third-order valence-corrected chi connectivity index (χ3v) is 2.93. The zero-order chi connectivity index (χ0) is 11.0. The highest BCUT2D eigenvalue weighted by Crippen LogP contribution is 2.26. The number of aryl methyl sites for hydroxylation is 1. The summed E-state index contributed by atoms with van der Waals surface area (Å²) < 4.78 is 0.824. The van der Waals surface area contributed by atoms with Crippen molar-refractivity contribution in [2.45, 2.75) is 13.0 Å². The SMILES string of the molecule is Cc1ccc(C2NC(=O)NC2=O)c(Br)c1. The van der Waals surface area contributed by atoms with E-state index in [0.717, 1.165) is 15.6 Å². The van der Waals surface area contributed by atoms with Gasteiger partial charge in [0.2, 0.25) is 0 Å². The maximum atomic E-state index is 11.4. The van der Waals surface area contributed by atoms with Gasteiger partial charge in [0, 0.05) is 4.47 Å². The lowest BCUT2D eigenvalue weighted by molar-refractivity contribution is -0.120. The summed E-state index contributed by atoms with van der Waals surface area (Å²) in [4.78, 5) is 22.4. The summed E-state index contributed by atoms with van der Waals surface area (Å²) >= 11 is 3.37. The molecule has 0 aliphatic carbocycles. The Labute approximate surface area is 95.2 Å². The summed E-state index contributed by atoms with van der Waals surface area (Å²) in [6, 6.07) is 4.60. The van der Waals surface area contributed by atoms with E-state index in [4.69, 9.17) is 0 Å². The van der Waals surface area contributed by atoms with E-state index in [1.807, 2.05) is 25.1 Å². The van der Waals surface area contributed by atoms with Crippen molar-refractivity contribution in [3.63, 3.8) is 0 Å². The molecule has 1 heterocycles. The number of urea groups is 1. The first kappa shape index (κ1) is 10.2. The molecular weight excluding hydrogens is 260 g/mol. The van der Waals surface area contributed by atoms with E-state index in [1.54, 1.807) is 0 Å². The summed E-state index contributed by atoms with van der Waals surface area (Å²) in [5.41, 5.74) is 1.86. The molecule has 1 aromatic rings. The molecule has 4 nitrogen and oxygen atoms in total. The molecule has 0 bridgehead atoms. The fourth-order valence-electron chi connectivity index (χ4n) is 1.50. The second kappa shape index (κ2) is 3.66. The van der Waals surface area contributed by atoms with Gasteiger partial charge in [-0.2, -0.15) is 0 Å². The minimum absolute atomic E-state index is 0.315. The van der Waals surface area contributed by atoms with E-state index in [2.05, 4.69) is 26.6 Å². The number of amides is 3. The van der Waals surface area contributed by atoms with Gasteiger partial charge in [-0.1, -0.05) is 28.1 Å². The number of benzene rings is 1. The first-order chi connectivity index (χ1) is 7.08. The van der Waals surface area contributed by atoms with E-state index in [-0.39, 0.29) is 5.91 Å². The van der Waals surface area contributed by atoms with E-state index in [1.165, 1.54) is 0 Å². The first-order valence-electron chi connectivity index (χ1n) is 4.45. The van der Waals surface area contributed by atoms with Crippen molar-refractivity contribution >= 4 is 27.9 Å². The molecule has 2 rings (SSSR count). The molecule has 0 saturated carbocycles. The third-order valence-electron chi connectivity index (χ3n) is 2.24. The molecule has 1 aliphatic heterocycles. The van der Waals surface area contributed by atoms with Gasteiger partial charge in [-0.15, -0.1) is 0 Å². The van der Waals surface area contributed by atoms with Crippen LogP contribution >= 0.6 is 15.9 Å². The lowest BCUT2D eigenvalue weighted by atomic mass is 10.1. The van der Waals surface area contributed by atoms with Gasteiger partial charge in [-0.3, -0.25) is 10.1 Å². The highest BCUT2D eigenvalue weighted by atomic mass is 79.9. The molecule has 1 aliphatic rings. The number of hydrogen-bond acceptors (Lipinski definition) is 2. The molecule has 78 valence electrons. The van der Waals surface area contributed by atoms with Crippen LogP contribution in [0.15, 0.2) is 22.7 Å². The number of carbonyl (C=O) groups is 2. The van der Waals surface area contributed by atoms with Crippen LogP contribution in [-0.4, -0.2) is 11.9 Å². The summed E-state index contributed by atoms with van der Waals surface area (Å²) in [5.74, 6) is -0.315. The van der Waals surface area contributed by atoms with Gasteiger partial charge in [-0.25, -0.2) is 4.79 Å². The van der Waals surface area contributed by atoms with E-state index in [0.29, 0.717) is 0 Å². The summed E-state index contributed by atoms with van der Waals surface area (Å²) in [5, 5.41) is 4.75. The van der Waals surface area contributed by atoms with Crippen molar-refractivity contribution in [2.24, 2.45) is 0 Å². The van der Waals surface area contributed by atoms with E-state index in [9.17, 15) is 9.59 Å². The molecule has 0 radical (unpaired) electrons. The Kier molecular flexibility index (Phi) is 2.48. The average Bonchev–Trinajstić information content (AvgIpc) is 2.45. The van der Waals surface area contributed by atoms with Gasteiger partial charge in [0.15, 0.2) is 0 Å². The van der Waals surface area contributed by atoms with Gasteiger partial charge >= 0.3 is 6.03 Å². The molecule has 15 heavy (non-hydrogen) atoms. The number of nitrogens with one attached hydrogen (secondary N) is 2. The molecule has 0 spiro atoms. The van der Waals surface area contributed by atoms with Gasteiger partial charge < -0.3 is 5.32 Å². The molecule has 2 N–H and O–H groups in total. The summed E-state index contributed by atoms with van der Waals surface area (Å²) in [7, 11) is 0. The van der Waals surface area contributed by atoms with Crippen LogP contribution in [0.1, 0.15) is 17.2 Å². The van der Waals surface area contributed by atoms with Gasteiger partial charge in [0.1, 0.15) is 6.04 Å². The molecule has 1 unspecified atom stereocenters. The van der Waals surface area contributed by atoms with Crippen molar-refractivity contribution < 1.29 is 9.59 Å². The van der Waals surface area contributed by atoms with Crippen molar-refractivity contribution in [2.75, 3.05) is 0 Å². The quantitative estimate of drug-likeness (QED) is 0.761. The van der Waals surface area contributed by atoms with E-state index >= 15 is 0 Å². The van der Waals surface area contributed by atoms with E-state index < -0.39 is 12.1 Å². The van der Waals surface area contributed by atoms with Gasteiger partial charge in [-0.05, 0) is 24.1 Å². The average molecular weight is 269 g/mol. The number of carbonyl (C=O) groups excluding carboxylic acids is 2. The standard InChI is InChI=1S/C10H9BrN2O2/c1-5-2-3-6(7(11)4-5)8-9(14)13-10(15)12-8/h2-4,8H,1H3,(H2,12,13,14,15). The minimum atomic E-state index is -0.590. The fraction of sp³-hybridized carbons (Fsp3) is 0.200. The summed E-state index contributed by atoms with van der Waals surface area (Å²) in [6.45, 7) is 1.96. The molecule has 0 aromatic heterocycles. The molecule has 1 fully saturated rings. The number of imide groups is 1. The maximum absolute atomic E-state index is 11.4. The highest BCUT2D eigenvalue weighted by molar-refractivity contribution is 9.10. The third kappa shape index (κ3) is 1.87. The van der Waals surface area contributed by atoms with Crippen LogP contribution in [0.3, 0.4) is 0 Å². The Hall–Kier alpha value is -1.36. The van der Waals surface area contributed by atoms with Crippen LogP contribution in [0.2, 0.25) is 0 Å². The van der Waals surface area contributed by atoms with Crippen LogP contribution in [0, 0.1) is 6.92 Å². The Balaban J connectivity index is 2.38. The second-order valence-electron chi connectivity index (χ2n) is 3.42. The highest BCUT2D eigenvalue weighted by Gasteiger charge is 2.31. The number of hydrogen-bond donors (Lipinski definition) is 2. The molecule has 3 amide bonds.